The number of hydrogen-bond acceptors (Lipinski definition) is 4. The monoisotopic (exact) mass is 376 g/mol. The number of rotatable bonds is 7. The van der Waals surface area contributed by atoms with Crippen molar-refractivity contribution in [1.29, 1.82) is 0 Å². The smallest absolute Gasteiger partial charge is 0.243 e. The van der Waals surface area contributed by atoms with Gasteiger partial charge in [-0.15, -0.1) is 0 Å². The third kappa shape index (κ3) is 4.53. The summed E-state index contributed by atoms with van der Waals surface area (Å²) in [5.74, 6) is 0.528. The number of hydrogen-bond donors (Lipinski definition) is 1. The summed E-state index contributed by atoms with van der Waals surface area (Å²) in [5.41, 5.74) is 0. The van der Waals surface area contributed by atoms with Crippen molar-refractivity contribution in [3.05, 3.63) is 54.5 Å². The van der Waals surface area contributed by atoms with E-state index in [9.17, 15) is 13.2 Å². The molecule has 1 aliphatic heterocycles. The molecular formula is C19H24N2O4S. The zero-order valence-corrected chi connectivity index (χ0v) is 15.5. The van der Waals surface area contributed by atoms with Crippen LogP contribution < -0.4 is 5.32 Å². The topological polar surface area (TPSA) is 79.6 Å². The molecule has 1 aromatic carbocycles. The first kappa shape index (κ1) is 18.7. The second kappa shape index (κ2) is 8.51. The minimum absolute atomic E-state index is 0.0718. The molecule has 1 fully saturated rings. The van der Waals surface area contributed by atoms with Crippen LogP contribution in [0.15, 0.2) is 58.0 Å². The van der Waals surface area contributed by atoms with Gasteiger partial charge in [0, 0.05) is 26.1 Å². The summed E-state index contributed by atoms with van der Waals surface area (Å²) in [6, 6.07) is 12.1. The lowest BCUT2D eigenvalue weighted by Gasteiger charge is -2.31. The number of aryl methyl sites for hydroxylation is 1. The van der Waals surface area contributed by atoms with Crippen molar-refractivity contribution in [1.82, 2.24) is 9.62 Å². The van der Waals surface area contributed by atoms with E-state index in [1.807, 2.05) is 12.1 Å². The Morgan fingerprint density at radius 1 is 1.19 bits per heavy atom. The van der Waals surface area contributed by atoms with Crippen molar-refractivity contribution < 1.29 is 17.6 Å². The molecule has 26 heavy (non-hydrogen) atoms. The van der Waals surface area contributed by atoms with Gasteiger partial charge in [0.25, 0.3) is 0 Å². The summed E-state index contributed by atoms with van der Waals surface area (Å²) in [7, 11) is -3.54. The number of carbonyl (C=O) groups is 1. The standard InChI is InChI=1S/C19H24N2O4S/c22-19(20-12-4-8-17-9-6-14-25-17)16-7-5-13-21(15-16)26(23,24)18-10-2-1-3-11-18/h1-3,6,9-11,14,16H,4-5,7-8,12-13,15H2,(H,20,22)/t16-/m0/s1. The van der Waals surface area contributed by atoms with Crippen LogP contribution >= 0.6 is 0 Å². The summed E-state index contributed by atoms with van der Waals surface area (Å²) >= 11 is 0. The molecule has 1 aliphatic rings. The Hall–Kier alpha value is -2.12. The van der Waals surface area contributed by atoms with Gasteiger partial charge in [0.05, 0.1) is 17.1 Å². The zero-order chi connectivity index (χ0) is 18.4. The molecule has 7 heteroatoms. The highest BCUT2D eigenvalue weighted by atomic mass is 32.2. The normalized spacial score (nSPS) is 18.5. The number of furan rings is 1. The summed E-state index contributed by atoms with van der Waals surface area (Å²) in [4.78, 5) is 12.7. The Balaban J connectivity index is 1.52. The number of benzene rings is 1. The minimum Gasteiger partial charge on any atom is -0.469 e. The largest absolute Gasteiger partial charge is 0.469 e. The molecule has 1 aromatic heterocycles. The summed E-state index contributed by atoms with van der Waals surface area (Å²) in [6.45, 7) is 1.25. The second-order valence-electron chi connectivity index (χ2n) is 6.49. The van der Waals surface area contributed by atoms with Crippen molar-refractivity contribution >= 4 is 15.9 Å². The third-order valence-electron chi connectivity index (χ3n) is 4.62. The van der Waals surface area contributed by atoms with Gasteiger partial charge >= 0.3 is 0 Å². The Kier molecular flexibility index (Phi) is 6.11. The molecule has 0 bridgehead atoms. The summed E-state index contributed by atoms with van der Waals surface area (Å²) in [6.07, 6.45) is 4.60. The molecule has 2 heterocycles. The zero-order valence-electron chi connectivity index (χ0n) is 14.6. The van der Waals surface area contributed by atoms with Gasteiger partial charge in [-0.3, -0.25) is 4.79 Å². The molecular weight excluding hydrogens is 352 g/mol. The maximum absolute atomic E-state index is 12.7. The van der Waals surface area contributed by atoms with Crippen molar-refractivity contribution in [2.75, 3.05) is 19.6 Å². The first-order valence-electron chi connectivity index (χ1n) is 8.92. The van der Waals surface area contributed by atoms with Gasteiger partial charge in [-0.25, -0.2) is 8.42 Å². The van der Waals surface area contributed by atoms with Gasteiger partial charge in [0.2, 0.25) is 15.9 Å². The predicted molar refractivity (Wildman–Crippen MR) is 98.0 cm³/mol. The maximum Gasteiger partial charge on any atom is 0.243 e. The third-order valence-corrected chi connectivity index (χ3v) is 6.49. The van der Waals surface area contributed by atoms with E-state index in [4.69, 9.17) is 4.42 Å². The fourth-order valence-corrected chi connectivity index (χ4v) is 4.73. The average molecular weight is 376 g/mol. The molecule has 1 atom stereocenters. The van der Waals surface area contributed by atoms with Gasteiger partial charge in [0.1, 0.15) is 5.76 Å². The molecule has 0 radical (unpaired) electrons. The van der Waals surface area contributed by atoms with E-state index in [1.54, 1.807) is 36.6 Å². The number of amides is 1. The molecule has 6 nitrogen and oxygen atoms in total. The molecule has 1 saturated heterocycles. The number of sulfonamides is 1. The van der Waals surface area contributed by atoms with Crippen LogP contribution in [0.2, 0.25) is 0 Å². The van der Waals surface area contributed by atoms with Crippen LogP contribution in [-0.2, 0) is 21.2 Å². The van der Waals surface area contributed by atoms with E-state index in [0.29, 0.717) is 25.9 Å². The van der Waals surface area contributed by atoms with Gasteiger partial charge in [-0.2, -0.15) is 4.31 Å². The molecule has 140 valence electrons. The lowest BCUT2D eigenvalue weighted by molar-refractivity contribution is -0.126. The SMILES string of the molecule is O=C(NCCCc1ccco1)[C@H]1CCCN(S(=O)(=O)c2ccccc2)C1. The van der Waals surface area contributed by atoms with E-state index < -0.39 is 10.0 Å². The Bertz CT molecular complexity index is 803. The molecule has 3 rings (SSSR count). The Morgan fingerprint density at radius 2 is 2.00 bits per heavy atom. The van der Waals surface area contributed by atoms with E-state index in [0.717, 1.165) is 18.6 Å². The lowest BCUT2D eigenvalue weighted by Crippen LogP contribution is -2.45. The van der Waals surface area contributed by atoms with Crippen molar-refractivity contribution in [2.45, 2.75) is 30.6 Å². The quantitative estimate of drug-likeness (QED) is 0.753. The van der Waals surface area contributed by atoms with E-state index in [2.05, 4.69) is 5.32 Å². The van der Waals surface area contributed by atoms with Crippen LogP contribution in [0.3, 0.4) is 0 Å². The van der Waals surface area contributed by atoms with Crippen LogP contribution in [0, 0.1) is 5.92 Å². The number of nitrogens with one attached hydrogen (secondary N) is 1. The highest BCUT2D eigenvalue weighted by Crippen LogP contribution is 2.23. The van der Waals surface area contributed by atoms with Crippen LogP contribution in [0.4, 0.5) is 0 Å². The molecule has 2 aromatic rings. The average Bonchev–Trinajstić information content (AvgIpc) is 3.19. The van der Waals surface area contributed by atoms with Gasteiger partial charge in [-0.05, 0) is 43.5 Å². The lowest BCUT2D eigenvalue weighted by atomic mass is 9.99. The first-order valence-corrected chi connectivity index (χ1v) is 10.4. The fourth-order valence-electron chi connectivity index (χ4n) is 3.19. The molecule has 0 spiro atoms. The number of piperidine rings is 1. The van der Waals surface area contributed by atoms with Gasteiger partial charge in [-0.1, -0.05) is 18.2 Å². The highest BCUT2D eigenvalue weighted by Gasteiger charge is 2.33. The second-order valence-corrected chi connectivity index (χ2v) is 8.43. The van der Waals surface area contributed by atoms with Crippen LogP contribution in [0.1, 0.15) is 25.0 Å². The van der Waals surface area contributed by atoms with Gasteiger partial charge < -0.3 is 9.73 Å². The summed E-state index contributed by atoms with van der Waals surface area (Å²) < 4.78 is 32.2. The van der Waals surface area contributed by atoms with Crippen LogP contribution in [0.25, 0.3) is 0 Å². The van der Waals surface area contributed by atoms with E-state index >= 15 is 0 Å². The van der Waals surface area contributed by atoms with Crippen LogP contribution in [0.5, 0.6) is 0 Å². The van der Waals surface area contributed by atoms with Crippen molar-refractivity contribution in [3.63, 3.8) is 0 Å². The van der Waals surface area contributed by atoms with Crippen molar-refractivity contribution in [2.24, 2.45) is 5.92 Å². The summed E-state index contributed by atoms with van der Waals surface area (Å²) in [5, 5.41) is 2.92. The van der Waals surface area contributed by atoms with Crippen LogP contribution in [-0.4, -0.2) is 38.3 Å². The van der Waals surface area contributed by atoms with Crippen molar-refractivity contribution in [3.8, 4) is 0 Å². The fraction of sp³-hybridized carbons (Fsp3) is 0.421. The maximum atomic E-state index is 12.7. The number of nitrogens with zero attached hydrogens (tertiary/aromatic N) is 1. The molecule has 0 aliphatic carbocycles. The molecule has 0 saturated carbocycles. The first-order chi connectivity index (χ1) is 12.6. The highest BCUT2D eigenvalue weighted by molar-refractivity contribution is 7.89. The molecule has 1 amide bonds. The minimum atomic E-state index is -3.54. The predicted octanol–water partition coefficient (Wildman–Crippen LogP) is 2.43. The molecule has 0 unspecified atom stereocenters. The Morgan fingerprint density at radius 3 is 2.73 bits per heavy atom. The van der Waals surface area contributed by atoms with Gasteiger partial charge in [0.15, 0.2) is 0 Å². The molecule has 1 N–H and O–H groups in total. The van der Waals surface area contributed by atoms with E-state index in [1.165, 1.54) is 4.31 Å². The number of carbonyl (C=O) groups excluding carboxylic acids is 1. The van der Waals surface area contributed by atoms with E-state index in [-0.39, 0.29) is 23.3 Å². The Labute approximate surface area is 154 Å².